The molecule has 1 aliphatic heterocycles. The van der Waals surface area contributed by atoms with E-state index >= 15 is 0 Å². The van der Waals surface area contributed by atoms with Crippen molar-refractivity contribution in [3.8, 4) is 5.69 Å². The van der Waals surface area contributed by atoms with Crippen LogP contribution in [0, 0.1) is 12.8 Å². The van der Waals surface area contributed by atoms with Gasteiger partial charge in [-0.05, 0) is 79.1 Å². The molecule has 0 bridgehead atoms. The normalized spacial score (nSPS) is 17.6. The Labute approximate surface area is 206 Å². The SMILES string of the molecule is Cc1cc(C(N)O)nn1-c1ccc2c(ccn2Cc2ccc(C3=CCN(CC4CC4)CC3)cc2)c1. The minimum absolute atomic E-state index is 0.475. The van der Waals surface area contributed by atoms with Crippen molar-refractivity contribution in [2.75, 3.05) is 19.6 Å². The zero-order chi connectivity index (χ0) is 23.9. The summed E-state index contributed by atoms with van der Waals surface area (Å²) in [6, 6.07) is 19.4. The fraction of sp³-hybridized carbons (Fsp3) is 0.345. The van der Waals surface area contributed by atoms with Gasteiger partial charge in [-0.1, -0.05) is 30.3 Å². The van der Waals surface area contributed by atoms with Gasteiger partial charge in [0.25, 0.3) is 0 Å². The first-order chi connectivity index (χ1) is 17.0. The van der Waals surface area contributed by atoms with Crippen molar-refractivity contribution in [1.82, 2.24) is 19.2 Å². The van der Waals surface area contributed by atoms with Gasteiger partial charge in [0.2, 0.25) is 0 Å². The minimum Gasteiger partial charge on any atom is -0.373 e. The van der Waals surface area contributed by atoms with Crippen LogP contribution in [0.25, 0.3) is 22.2 Å². The van der Waals surface area contributed by atoms with E-state index in [0.29, 0.717) is 5.69 Å². The van der Waals surface area contributed by atoms with Crippen molar-refractivity contribution in [2.45, 2.75) is 39.0 Å². The third kappa shape index (κ3) is 4.69. The summed E-state index contributed by atoms with van der Waals surface area (Å²) >= 11 is 0. The molecule has 2 aliphatic rings. The minimum atomic E-state index is -1.07. The van der Waals surface area contributed by atoms with E-state index < -0.39 is 6.23 Å². The molecule has 35 heavy (non-hydrogen) atoms. The molecule has 180 valence electrons. The average Bonchev–Trinajstić information content (AvgIpc) is 3.46. The molecular formula is C29H33N5O. The summed E-state index contributed by atoms with van der Waals surface area (Å²) in [6.07, 6.45) is 7.51. The molecule has 1 unspecified atom stereocenters. The highest BCUT2D eigenvalue weighted by Gasteiger charge is 2.25. The van der Waals surface area contributed by atoms with Gasteiger partial charge in [-0.3, -0.25) is 4.90 Å². The van der Waals surface area contributed by atoms with Crippen LogP contribution in [0.15, 0.2) is 66.9 Å². The lowest BCUT2D eigenvalue weighted by Crippen LogP contribution is -2.30. The lowest BCUT2D eigenvalue weighted by atomic mass is 9.98. The fourth-order valence-corrected chi connectivity index (χ4v) is 5.19. The second kappa shape index (κ2) is 9.11. The monoisotopic (exact) mass is 467 g/mol. The van der Waals surface area contributed by atoms with Crippen LogP contribution in [-0.2, 0) is 6.54 Å². The predicted molar refractivity (Wildman–Crippen MR) is 140 cm³/mol. The number of aliphatic hydroxyl groups is 1. The number of benzene rings is 2. The first kappa shape index (κ1) is 22.3. The third-order valence-electron chi connectivity index (χ3n) is 7.39. The molecular weight excluding hydrogens is 434 g/mol. The van der Waals surface area contributed by atoms with E-state index in [9.17, 15) is 5.11 Å². The van der Waals surface area contributed by atoms with Crippen LogP contribution < -0.4 is 5.73 Å². The molecule has 3 heterocycles. The van der Waals surface area contributed by atoms with Crippen LogP contribution in [0.1, 0.15) is 48.0 Å². The molecule has 0 saturated heterocycles. The average molecular weight is 468 g/mol. The van der Waals surface area contributed by atoms with E-state index in [2.05, 4.69) is 75.4 Å². The van der Waals surface area contributed by atoms with E-state index in [-0.39, 0.29) is 0 Å². The van der Waals surface area contributed by atoms with Gasteiger partial charge in [0, 0.05) is 49.0 Å². The van der Waals surface area contributed by atoms with Crippen LogP contribution in [0.2, 0.25) is 0 Å². The van der Waals surface area contributed by atoms with Crippen molar-refractivity contribution in [3.05, 3.63) is 89.4 Å². The van der Waals surface area contributed by atoms with Gasteiger partial charge in [-0.25, -0.2) is 4.68 Å². The lowest BCUT2D eigenvalue weighted by Gasteiger charge is -2.26. The first-order valence-corrected chi connectivity index (χ1v) is 12.6. The molecule has 0 spiro atoms. The van der Waals surface area contributed by atoms with E-state index in [1.807, 2.05) is 17.7 Å². The summed E-state index contributed by atoms with van der Waals surface area (Å²) in [6.45, 7) is 6.37. The predicted octanol–water partition coefficient (Wildman–Crippen LogP) is 4.63. The van der Waals surface area contributed by atoms with Crippen LogP contribution in [0.5, 0.6) is 0 Å². The molecule has 0 amide bonds. The maximum atomic E-state index is 9.65. The highest BCUT2D eigenvalue weighted by molar-refractivity contribution is 5.82. The molecule has 2 aromatic carbocycles. The van der Waals surface area contributed by atoms with Crippen LogP contribution >= 0.6 is 0 Å². The van der Waals surface area contributed by atoms with Crippen molar-refractivity contribution >= 4 is 16.5 Å². The number of nitrogens with two attached hydrogens (primary N) is 1. The maximum absolute atomic E-state index is 9.65. The van der Waals surface area contributed by atoms with Crippen LogP contribution in [0.4, 0.5) is 0 Å². The van der Waals surface area contributed by atoms with Crippen molar-refractivity contribution in [3.63, 3.8) is 0 Å². The molecule has 3 N–H and O–H groups in total. The Kier molecular flexibility index (Phi) is 5.80. The Hall–Kier alpha value is -3.19. The zero-order valence-electron chi connectivity index (χ0n) is 20.3. The number of aryl methyl sites for hydroxylation is 1. The number of nitrogens with zero attached hydrogens (tertiary/aromatic N) is 4. The van der Waals surface area contributed by atoms with Gasteiger partial charge in [0.05, 0.1) is 5.69 Å². The summed E-state index contributed by atoms with van der Waals surface area (Å²) < 4.78 is 4.11. The number of aromatic nitrogens is 3. The van der Waals surface area contributed by atoms with Gasteiger partial charge in [-0.2, -0.15) is 5.10 Å². The second-order valence-electron chi connectivity index (χ2n) is 10.1. The molecule has 0 radical (unpaired) electrons. The number of hydrogen-bond acceptors (Lipinski definition) is 4. The molecule has 1 aliphatic carbocycles. The van der Waals surface area contributed by atoms with Gasteiger partial charge in [0.1, 0.15) is 11.9 Å². The molecule has 6 nitrogen and oxygen atoms in total. The van der Waals surface area contributed by atoms with Crippen LogP contribution in [-0.4, -0.2) is 44.0 Å². The fourth-order valence-electron chi connectivity index (χ4n) is 5.19. The topological polar surface area (TPSA) is 72.2 Å². The molecule has 1 fully saturated rings. The number of hydrogen-bond donors (Lipinski definition) is 2. The number of fused-ring (bicyclic) bond motifs is 1. The van der Waals surface area contributed by atoms with E-state index in [1.54, 1.807) is 0 Å². The highest BCUT2D eigenvalue weighted by atomic mass is 16.3. The first-order valence-electron chi connectivity index (χ1n) is 12.6. The standard InChI is InChI=1S/C29H33N5O/c1-20-16-27(29(30)35)31-34(20)26-8-9-28-25(17-26)12-15-33(28)19-22-4-6-23(7-5-22)24-10-13-32(14-11-24)18-21-2-3-21/h4-10,12,15-17,21,29,35H,2-3,11,13-14,18-19,30H2,1H3. The summed E-state index contributed by atoms with van der Waals surface area (Å²) in [5.74, 6) is 0.966. The number of aliphatic hydroxyl groups excluding tert-OH is 1. The van der Waals surface area contributed by atoms with Crippen molar-refractivity contribution < 1.29 is 5.11 Å². The highest BCUT2D eigenvalue weighted by Crippen LogP contribution is 2.31. The van der Waals surface area contributed by atoms with Crippen molar-refractivity contribution in [2.24, 2.45) is 11.7 Å². The summed E-state index contributed by atoms with van der Waals surface area (Å²) in [5.41, 5.74) is 13.3. The summed E-state index contributed by atoms with van der Waals surface area (Å²) in [5, 5.41) is 15.3. The Morgan fingerprint density at radius 1 is 1.09 bits per heavy atom. The summed E-state index contributed by atoms with van der Waals surface area (Å²) in [4.78, 5) is 2.60. The van der Waals surface area contributed by atoms with Crippen molar-refractivity contribution in [1.29, 1.82) is 0 Å². The van der Waals surface area contributed by atoms with Gasteiger partial charge >= 0.3 is 0 Å². The molecule has 6 heteroatoms. The largest absolute Gasteiger partial charge is 0.373 e. The smallest absolute Gasteiger partial charge is 0.147 e. The molecule has 1 saturated carbocycles. The summed E-state index contributed by atoms with van der Waals surface area (Å²) in [7, 11) is 0. The van der Waals surface area contributed by atoms with Gasteiger partial charge in [0.15, 0.2) is 0 Å². The van der Waals surface area contributed by atoms with Gasteiger partial charge < -0.3 is 15.4 Å². The molecule has 1 atom stereocenters. The molecule has 4 aromatic rings. The Morgan fingerprint density at radius 2 is 1.91 bits per heavy atom. The Balaban J connectivity index is 1.16. The third-order valence-corrected chi connectivity index (χ3v) is 7.39. The molecule has 2 aromatic heterocycles. The quantitative estimate of drug-likeness (QED) is 0.389. The van der Waals surface area contributed by atoms with Crippen LogP contribution in [0.3, 0.4) is 0 Å². The Morgan fingerprint density at radius 3 is 2.60 bits per heavy atom. The number of rotatable bonds is 7. The van der Waals surface area contributed by atoms with E-state index in [0.717, 1.165) is 42.2 Å². The Bertz CT molecular complexity index is 1370. The maximum Gasteiger partial charge on any atom is 0.147 e. The molecule has 6 rings (SSSR count). The van der Waals surface area contributed by atoms with E-state index in [4.69, 9.17) is 5.73 Å². The zero-order valence-corrected chi connectivity index (χ0v) is 20.3. The lowest BCUT2D eigenvalue weighted by molar-refractivity contribution is 0.181. The van der Waals surface area contributed by atoms with E-state index in [1.165, 1.54) is 48.1 Å². The second-order valence-corrected chi connectivity index (χ2v) is 10.1. The van der Waals surface area contributed by atoms with Gasteiger partial charge in [-0.15, -0.1) is 0 Å².